The molecule has 1 unspecified atom stereocenters. The molecule has 0 aromatic rings. The predicted molar refractivity (Wildman–Crippen MR) is 59.7 cm³/mol. The minimum atomic E-state index is -1.55. The Kier molecular flexibility index (Phi) is 5.97. The highest BCUT2D eigenvalue weighted by atomic mass is 16.4. The van der Waals surface area contributed by atoms with Gasteiger partial charge >= 0.3 is 11.9 Å². The average Bonchev–Trinajstić information content (AvgIpc) is 2.24. The van der Waals surface area contributed by atoms with E-state index < -0.39 is 35.7 Å². The van der Waals surface area contributed by atoms with Crippen molar-refractivity contribution >= 4 is 24.1 Å². The molecule has 2 atom stereocenters. The molecule has 8 nitrogen and oxygen atoms in total. The second-order valence-electron chi connectivity index (χ2n) is 4.07. The van der Waals surface area contributed by atoms with Crippen LogP contribution in [0.5, 0.6) is 0 Å². The van der Waals surface area contributed by atoms with Crippen LogP contribution in [0.25, 0.3) is 0 Å². The summed E-state index contributed by atoms with van der Waals surface area (Å²) in [5.41, 5.74) is 3.68. The fraction of sp³-hybridized carbons (Fsp3) is 0.600. The number of carboxylic acids is 2. The lowest BCUT2D eigenvalue weighted by Gasteiger charge is -2.25. The molecule has 1 amide bonds. The van der Waals surface area contributed by atoms with Crippen LogP contribution in [0.4, 0.5) is 0 Å². The highest BCUT2D eigenvalue weighted by Crippen LogP contribution is 2.14. The molecule has 0 heterocycles. The molecule has 0 aliphatic heterocycles. The maximum Gasteiger partial charge on any atom is 0.320 e. The lowest BCUT2D eigenvalue weighted by Crippen LogP contribution is -2.50. The van der Waals surface area contributed by atoms with Crippen LogP contribution in [0.2, 0.25) is 0 Å². The zero-order chi connectivity index (χ0) is 14.3. The van der Waals surface area contributed by atoms with E-state index in [0.29, 0.717) is 0 Å². The van der Waals surface area contributed by atoms with Gasteiger partial charge in [0, 0.05) is 6.42 Å². The molecule has 0 fully saturated rings. The van der Waals surface area contributed by atoms with Gasteiger partial charge in [0.25, 0.3) is 0 Å². The maximum atomic E-state index is 11.8. The number of hydrogen-bond donors (Lipinski definition) is 4. The monoisotopic (exact) mass is 260 g/mol. The first kappa shape index (κ1) is 16.0. The van der Waals surface area contributed by atoms with Gasteiger partial charge in [-0.2, -0.15) is 0 Å². The summed E-state index contributed by atoms with van der Waals surface area (Å²) in [6, 6.07) is -1.20. The second kappa shape index (κ2) is 6.70. The van der Waals surface area contributed by atoms with Crippen molar-refractivity contribution in [3.05, 3.63) is 0 Å². The van der Waals surface area contributed by atoms with Gasteiger partial charge in [-0.25, -0.2) is 0 Å². The molecule has 0 spiro atoms. The number of carbonyl (C=O) groups excluding carboxylic acids is 2. The topological polar surface area (TPSA) is 147 Å². The number of hydrogen-bond acceptors (Lipinski definition) is 5. The summed E-state index contributed by atoms with van der Waals surface area (Å²) in [6.45, 7) is 1.27. The van der Waals surface area contributed by atoms with Crippen molar-refractivity contribution < 1.29 is 29.4 Å². The Morgan fingerprint density at radius 1 is 1.39 bits per heavy atom. The number of carboxylic acid groups (broad SMARTS) is 2. The summed E-state index contributed by atoms with van der Waals surface area (Å²) in [5, 5.41) is 19.4. The van der Waals surface area contributed by atoms with Gasteiger partial charge in [-0.3, -0.25) is 19.2 Å². The van der Waals surface area contributed by atoms with E-state index in [-0.39, 0.29) is 19.3 Å². The van der Waals surface area contributed by atoms with Gasteiger partial charge in [0.2, 0.25) is 6.41 Å². The van der Waals surface area contributed by atoms with Crippen molar-refractivity contribution in [1.82, 2.24) is 5.32 Å². The van der Waals surface area contributed by atoms with Crippen LogP contribution >= 0.6 is 0 Å². The summed E-state index contributed by atoms with van der Waals surface area (Å²) >= 11 is 0. The molecule has 0 rings (SSSR count). The molecule has 102 valence electrons. The van der Waals surface area contributed by atoms with Crippen molar-refractivity contribution in [2.45, 2.75) is 37.8 Å². The number of amides is 1. The van der Waals surface area contributed by atoms with E-state index in [9.17, 15) is 19.2 Å². The third-order valence-corrected chi connectivity index (χ3v) is 2.50. The molecule has 0 aliphatic carbocycles. The largest absolute Gasteiger partial charge is 0.481 e. The van der Waals surface area contributed by atoms with Crippen LogP contribution < -0.4 is 11.1 Å². The summed E-state index contributed by atoms with van der Waals surface area (Å²) < 4.78 is 0. The van der Waals surface area contributed by atoms with E-state index in [1.54, 1.807) is 0 Å². The normalized spacial score (nSPS) is 15.2. The Labute approximate surface area is 103 Å². The number of aliphatic carboxylic acids is 2. The van der Waals surface area contributed by atoms with E-state index in [2.05, 4.69) is 5.32 Å². The zero-order valence-corrected chi connectivity index (χ0v) is 9.88. The number of Topliss-reactive ketones (excluding diaryl/α,β-unsaturated/α-hetero) is 1. The average molecular weight is 260 g/mol. The molecule has 0 saturated heterocycles. The molecule has 0 aromatic heterocycles. The number of rotatable bonds is 9. The SMILES string of the molecule is C[C@](CC(=O)O)(NC=O)C(=O)CCC(N)C(=O)O. The van der Waals surface area contributed by atoms with Crippen LogP contribution in [0.15, 0.2) is 0 Å². The molecule has 0 aliphatic rings. The standard InChI is InChI=1S/C10H16N2O6/c1-10(12-5-13,4-8(15)16)7(14)3-2-6(11)9(17)18/h5-6H,2-4,11H2,1H3,(H,12,13)(H,15,16)(H,17,18)/t6?,10-/m1/s1. The summed E-state index contributed by atoms with van der Waals surface area (Å²) in [7, 11) is 0. The minimum absolute atomic E-state index is 0.121. The maximum absolute atomic E-state index is 11.8. The van der Waals surface area contributed by atoms with Crippen LogP contribution in [-0.4, -0.2) is 45.9 Å². The number of nitrogens with two attached hydrogens (primary N) is 1. The predicted octanol–water partition coefficient (Wildman–Crippen LogP) is -1.27. The van der Waals surface area contributed by atoms with E-state index >= 15 is 0 Å². The third kappa shape index (κ3) is 4.91. The fourth-order valence-electron chi connectivity index (χ4n) is 1.35. The Morgan fingerprint density at radius 3 is 2.33 bits per heavy atom. The summed E-state index contributed by atoms with van der Waals surface area (Å²) in [4.78, 5) is 43.2. The van der Waals surface area contributed by atoms with Gasteiger partial charge in [-0.05, 0) is 13.3 Å². The minimum Gasteiger partial charge on any atom is -0.481 e. The first-order valence-corrected chi connectivity index (χ1v) is 5.17. The quantitative estimate of drug-likeness (QED) is 0.378. The molecule has 0 saturated carbocycles. The van der Waals surface area contributed by atoms with E-state index in [4.69, 9.17) is 15.9 Å². The van der Waals surface area contributed by atoms with Gasteiger partial charge in [0.15, 0.2) is 5.78 Å². The summed E-state index contributed by atoms with van der Waals surface area (Å²) in [6.07, 6.45) is -0.688. The van der Waals surface area contributed by atoms with Crippen LogP contribution in [-0.2, 0) is 19.2 Å². The molecule has 5 N–H and O–H groups in total. The molecule has 0 bridgehead atoms. The smallest absolute Gasteiger partial charge is 0.320 e. The summed E-state index contributed by atoms with van der Waals surface area (Å²) in [5.74, 6) is -3.07. The lowest BCUT2D eigenvalue weighted by atomic mass is 9.89. The van der Waals surface area contributed by atoms with Gasteiger partial charge < -0.3 is 21.3 Å². The highest BCUT2D eigenvalue weighted by Gasteiger charge is 2.35. The first-order valence-electron chi connectivity index (χ1n) is 5.17. The van der Waals surface area contributed by atoms with Gasteiger partial charge in [-0.15, -0.1) is 0 Å². The van der Waals surface area contributed by atoms with E-state index in [1.807, 2.05) is 0 Å². The van der Waals surface area contributed by atoms with E-state index in [0.717, 1.165) is 0 Å². The molecule has 0 radical (unpaired) electrons. The van der Waals surface area contributed by atoms with Crippen LogP contribution in [0, 0.1) is 0 Å². The van der Waals surface area contributed by atoms with Gasteiger partial charge in [0.1, 0.15) is 11.6 Å². The molecule has 18 heavy (non-hydrogen) atoms. The Bertz CT molecular complexity index is 356. The van der Waals surface area contributed by atoms with E-state index in [1.165, 1.54) is 6.92 Å². The van der Waals surface area contributed by atoms with Crippen molar-refractivity contribution in [3.63, 3.8) is 0 Å². The highest BCUT2D eigenvalue weighted by molar-refractivity contribution is 5.93. The van der Waals surface area contributed by atoms with Gasteiger partial charge in [-0.1, -0.05) is 0 Å². The van der Waals surface area contributed by atoms with Crippen molar-refractivity contribution in [3.8, 4) is 0 Å². The Hall–Kier alpha value is -1.96. The Morgan fingerprint density at radius 2 is 1.94 bits per heavy atom. The number of nitrogens with one attached hydrogen (secondary N) is 1. The lowest BCUT2D eigenvalue weighted by molar-refractivity contribution is -0.143. The van der Waals surface area contributed by atoms with Gasteiger partial charge in [0.05, 0.1) is 6.42 Å². The number of carbonyl (C=O) groups is 4. The molecular weight excluding hydrogens is 244 g/mol. The third-order valence-electron chi connectivity index (χ3n) is 2.50. The first-order chi connectivity index (χ1) is 8.23. The van der Waals surface area contributed by atoms with Crippen molar-refractivity contribution in [1.29, 1.82) is 0 Å². The Balaban J connectivity index is 4.62. The zero-order valence-electron chi connectivity index (χ0n) is 9.88. The van der Waals surface area contributed by atoms with Crippen molar-refractivity contribution in [2.24, 2.45) is 5.73 Å². The second-order valence-corrected chi connectivity index (χ2v) is 4.07. The van der Waals surface area contributed by atoms with Crippen LogP contribution in [0.1, 0.15) is 26.2 Å². The number of ketones is 1. The van der Waals surface area contributed by atoms with Crippen LogP contribution in [0.3, 0.4) is 0 Å². The molecule has 8 heteroatoms. The van der Waals surface area contributed by atoms with Crippen molar-refractivity contribution in [2.75, 3.05) is 0 Å². The fourth-order valence-corrected chi connectivity index (χ4v) is 1.35. The molecular formula is C10H16N2O6. The molecule has 0 aromatic carbocycles.